The summed E-state index contributed by atoms with van der Waals surface area (Å²) in [7, 11) is -0.814. The predicted octanol–water partition coefficient (Wildman–Crippen LogP) is 4.25. The van der Waals surface area contributed by atoms with E-state index in [0.29, 0.717) is 5.56 Å². The van der Waals surface area contributed by atoms with Crippen molar-refractivity contribution in [2.45, 2.75) is 43.7 Å². The highest BCUT2D eigenvalue weighted by molar-refractivity contribution is 7.89. The first-order valence-corrected chi connectivity index (χ1v) is 13.6. The Bertz CT molecular complexity index is 1490. The molecule has 0 radical (unpaired) electrons. The first-order valence-electron chi connectivity index (χ1n) is 12.1. The summed E-state index contributed by atoms with van der Waals surface area (Å²) < 4.78 is 26.0. The molecule has 2 heterocycles. The number of aromatic nitrogens is 1. The number of aliphatic hydroxyl groups is 1. The Balaban J connectivity index is 1.83. The molecule has 1 aromatic heterocycles. The molecule has 4 rings (SSSR count). The second kappa shape index (κ2) is 10.2. The Kier molecular flexibility index (Phi) is 7.27. The minimum absolute atomic E-state index is 0.0467. The maximum absolute atomic E-state index is 13.3. The van der Waals surface area contributed by atoms with Crippen LogP contribution < -0.4 is 0 Å². The Labute approximate surface area is 223 Å². The van der Waals surface area contributed by atoms with Gasteiger partial charge < -0.3 is 10.0 Å². The molecule has 1 aliphatic heterocycles. The van der Waals surface area contributed by atoms with E-state index in [1.54, 1.807) is 18.5 Å². The molecule has 1 amide bonds. The number of ketones is 1. The third kappa shape index (κ3) is 5.12. The van der Waals surface area contributed by atoms with Gasteiger partial charge in [0.05, 0.1) is 16.5 Å². The molecule has 0 spiro atoms. The minimum atomic E-state index is -3.67. The summed E-state index contributed by atoms with van der Waals surface area (Å²) in [5, 5.41) is 11.3. The van der Waals surface area contributed by atoms with Crippen molar-refractivity contribution in [3.8, 4) is 0 Å². The Morgan fingerprint density at radius 2 is 1.63 bits per heavy atom. The molecule has 1 N–H and O–H groups in total. The van der Waals surface area contributed by atoms with Crippen molar-refractivity contribution in [2.24, 2.45) is 0 Å². The lowest BCUT2D eigenvalue weighted by atomic mass is 9.85. The molecule has 0 bridgehead atoms. The van der Waals surface area contributed by atoms with Crippen molar-refractivity contribution in [1.82, 2.24) is 14.2 Å². The van der Waals surface area contributed by atoms with Crippen molar-refractivity contribution >= 4 is 27.5 Å². The van der Waals surface area contributed by atoms with E-state index in [2.05, 4.69) is 25.8 Å². The van der Waals surface area contributed by atoms with E-state index in [-0.39, 0.29) is 33.8 Å². The molecule has 9 heteroatoms. The fourth-order valence-corrected chi connectivity index (χ4v) is 5.30. The zero-order chi connectivity index (χ0) is 27.8. The van der Waals surface area contributed by atoms with E-state index in [9.17, 15) is 23.1 Å². The highest BCUT2D eigenvalue weighted by Gasteiger charge is 2.46. The second-order valence-electron chi connectivity index (χ2n) is 10.5. The molecular weight excluding hydrogens is 502 g/mol. The van der Waals surface area contributed by atoms with E-state index in [1.165, 1.54) is 43.3 Å². The van der Waals surface area contributed by atoms with Gasteiger partial charge in [-0.2, -0.15) is 0 Å². The number of aliphatic hydroxyl groups excluding tert-OH is 1. The van der Waals surface area contributed by atoms with Gasteiger partial charge in [-0.05, 0) is 52.4 Å². The van der Waals surface area contributed by atoms with Crippen LogP contribution in [0.4, 0.5) is 0 Å². The summed E-state index contributed by atoms with van der Waals surface area (Å²) in [6.07, 6.45) is 3.25. The molecule has 8 nitrogen and oxygen atoms in total. The monoisotopic (exact) mass is 533 g/mol. The lowest BCUT2D eigenvalue weighted by molar-refractivity contribution is -0.140. The van der Waals surface area contributed by atoms with Crippen LogP contribution in [-0.4, -0.2) is 53.5 Å². The molecule has 2 aromatic carbocycles. The minimum Gasteiger partial charge on any atom is -0.507 e. The summed E-state index contributed by atoms with van der Waals surface area (Å²) in [5.41, 5.74) is 2.59. The van der Waals surface area contributed by atoms with E-state index in [4.69, 9.17) is 0 Å². The van der Waals surface area contributed by atoms with Gasteiger partial charge in [-0.25, -0.2) is 12.7 Å². The van der Waals surface area contributed by atoms with Crippen LogP contribution in [0.1, 0.15) is 49.1 Å². The molecule has 0 saturated carbocycles. The van der Waals surface area contributed by atoms with Crippen LogP contribution in [0.25, 0.3) is 5.76 Å². The van der Waals surface area contributed by atoms with Crippen molar-refractivity contribution in [3.05, 3.63) is 101 Å². The molecule has 3 aromatic rings. The zero-order valence-electron chi connectivity index (χ0n) is 22.0. The topological polar surface area (TPSA) is 108 Å². The van der Waals surface area contributed by atoms with Gasteiger partial charge in [0.1, 0.15) is 5.76 Å². The number of likely N-dealkylation sites (tertiary alicyclic amines) is 1. The van der Waals surface area contributed by atoms with Gasteiger partial charge in [0.25, 0.3) is 11.7 Å². The van der Waals surface area contributed by atoms with Gasteiger partial charge >= 0.3 is 0 Å². The Hall–Kier alpha value is -3.82. The maximum atomic E-state index is 13.3. The van der Waals surface area contributed by atoms with Crippen molar-refractivity contribution in [2.75, 3.05) is 14.1 Å². The van der Waals surface area contributed by atoms with Crippen LogP contribution in [0, 0.1) is 0 Å². The number of carbonyl (C=O) groups excluding carboxylic acids is 2. The summed E-state index contributed by atoms with van der Waals surface area (Å²) in [6, 6.07) is 16.0. The molecular formula is C29H31N3O5S. The van der Waals surface area contributed by atoms with Crippen molar-refractivity contribution in [1.29, 1.82) is 0 Å². The number of hydrogen-bond donors (Lipinski definition) is 1. The lowest BCUT2D eigenvalue weighted by Crippen LogP contribution is -2.29. The quantitative estimate of drug-likeness (QED) is 0.288. The molecule has 1 aliphatic rings. The molecule has 1 atom stereocenters. The number of Topliss-reactive ketones (excluding diaryl/α,β-unsaturated/α-hetero) is 1. The number of nitrogens with zero attached hydrogens (tertiary/aromatic N) is 3. The van der Waals surface area contributed by atoms with Crippen LogP contribution >= 0.6 is 0 Å². The molecule has 198 valence electrons. The van der Waals surface area contributed by atoms with Crippen LogP contribution in [0.2, 0.25) is 0 Å². The van der Waals surface area contributed by atoms with Gasteiger partial charge in [-0.3, -0.25) is 14.6 Å². The van der Waals surface area contributed by atoms with Crippen LogP contribution in [0.3, 0.4) is 0 Å². The van der Waals surface area contributed by atoms with E-state index in [0.717, 1.165) is 15.4 Å². The number of carbonyl (C=O) groups is 2. The van der Waals surface area contributed by atoms with Gasteiger partial charge in [-0.15, -0.1) is 0 Å². The van der Waals surface area contributed by atoms with Gasteiger partial charge in [-0.1, -0.05) is 51.1 Å². The average Bonchev–Trinajstić information content (AvgIpc) is 3.13. The standard InChI is InChI=1S/C29H31N3O5S/c1-29(2,3)22-12-8-20(9-13-22)25-24(27(34)28(35)32(25)18-19-7-6-16-30-17-19)26(33)21-10-14-23(15-11-21)38(36,37)31(4)5/h6-17,25,33H,18H2,1-5H3/b26-24-. The maximum Gasteiger partial charge on any atom is 0.295 e. The largest absolute Gasteiger partial charge is 0.507 e. The number of pyridine rings is 1. The van der Waals surface area contributed by atoms with Crippen molar-refractivity contribution in [3.63, 3.8) is 0 Å². The van der Waals surface area contributed by atoms with E-state index >= 15 is 0 Å². The van der Waals surface area contributed by atoms with E-state index < -0.39 is 27.8 Å². The second-order valence-corrected chi connectivity index (χ2v) is 12.6. The zero-order valence-corrected chi connectivity index (χ0v) is 22.9. The Morgan fingerprint density at radius 1 is 1.00 bits per heavy atom. The van der Waals surface area contributed by atoms with Gasteiger partial charge in [0.2, 0.25) is 10.0 Å². The average molecular weight is 534 g/mol. The van der Waals surface area contributed by atoms with Crippen LogP contribution in [0.5, 0.6) is 0 Å². The lowest BCUT2D eigenvalue weighted by Gasteiger charge is -2.26. The molecule has 0 aliphatic carbocycles. The summed E-state index contributed by atoms with van der Waals surface area (Å²) in [5.74, 6) is -1.90. The fraction of sp³-hybridized carbons (Fsp3) is 0.276. The van der Waals surface area contributed by atoms with Crippen molar-refractivity contribution < 1.29 is 23.1 Å². The third-order valence-electron chi connectivity index (χ3n) is 6.61. The van der Waals surface area contributed by atoms with Gasteiger partial charge in [0, 0.05) is 38.6 Å². The molecule has 38 heavy (non-hydrogen) atoms. The number of hydrogen-bond acceptors (Lipinski definition) is 6. The summed E-state index contributed by atoms with van der Waals surface area (Å²) >= 11 is 0. The molecule has 1 fully saturated rings. The molecule has 1 unspecified atom stereocenters. The van der Waals surface area contributed by atoms with Crippen LogP contribution in [-0.2, 0) is 31.6 Å². The van der Waals surface area contributed by atoms with E-state index in [1.807, 2.05) is 30.3 Å². The van der Waals surface area contributed by atoms with Crippen LogP contribution in [0.15, 0.2) is 83.5 Å². The first kappa shape index (κ1) is 27.2. The molecule has 1 saturated heterocycles. The summed E-state index contributed by atoms with van der Waals surface area (Å²) in [6.45, 7) is 6.41. The highest BCUT2D eigenvalue weighted by Crippen LogP contribution is 2.41. The SMILES string of the molecule is CN(C)S(=O)(=O)c1ccc(/C(O)=C2/C(=O)C(=O)N(Cc3cccnc3)C2c2ccc(C(C)(C)C)cc2)cc1. The summed E-state index contributed by atoms with van der Waals surface area (Å²) in [4.78, 5) is 32.2. The normalized spacial score (nSPS) is 17.8. The smallest absolute Gasteiger partial charge is 0.295 e. The predicted molar refractivity (Wildman–Crippen MR) is 145 cm³/mol. The number of rotatable bonds is 6. The number of benzene rings is 2. The number of sulfonamides is 1. The highest BCUT2D eigenvalue weighted by atomic mass is 32.2. The van der Waals surface area contributed by atoms with Gasteiger partial charge in [0.15, 0.2) is 0 Å². The first-order chi connectivity index (χ1) is 17.8. The third-order valence-corrected chi connectivity index (χ3v) is 8.44. The number of amides is 1. The fourth-order valence-electron chi connectivity index (χ4n) is 4.39. The Morgan fingerprint density at radius 3 is 2.16 bits per heavy atom.